The molecule has 7 nitrogen and oxygen atoms in total. The van der Waals surface area contributed by atoms with Crippen LogP contribution in [0, 0.1) is 6.92 Å². The zero-order valence-corrected chi connectivity index (χ0v) is 19.5. The summed E-state index contributed by atoms with van der Waals surface area (Å²) >= 11 is 0. The highest BCUT2D eigenvalue weighted by molar-refractivity contribution is 7.89. The number of fused-ring (bicyclic) bond motifs is 1. The van der Waals surface area contributed by atoms with E-state index >= 15 is 0 Å². The molecule has 1 aliphatic rings. The second-order valence-corrected chi connectivity index (χ2v) is 9.65. The molecule has 3 aromatic rings. The molecule has 2 unspecified atom stereocenters. The van der Waals surface area contributed by atoms with Crippen LogP contribution in [0.5, 0.6) is 0 Å². The largest absolute Gasteiger partial charge is 0.464 e. The number of rotatable bonds is 7. The summed E-state index contributed by atoms with van der Waals surface area (Å²) in [7, 11) is -4.24. The van der Waals surface area contributed by atoms with Gasteiger partial charge in [0.15, 0.2) is 0 Å². The summed E-state index contributed by atoms with van der Waals surface area (Å²) in [5.41, 5.74) is -0.739. The lowest BCUT2D eigenvalue weighted by atomic mass is 9.97. The molecular weight excluding hydrogens is 442 g/mol. The van der Waals surface area contributed by atoms with E-state index < -0.39 is 33.5 Å². The highest BCUT2D eigenvalue weighted by Crippen LogP contribution is 2.58. The molecular formula is C25H25NO6S. The van der Waals surface area contributed by atoms with Crippen molar-refractivity contribution in [3.8, 4) is 0 Å². The third kappa shape index (κ3) is 3.69. The van der Waals surface area contributed by atoms with Gasteiger partial charge in [-0.05, 0) is 55.3 Å². The summed E-state index contributed by atoms with van der Waals surface area (Å²) in [6.45, 7) is 5.02. The molecule has 2 atom stereocenters. The second kappa shape index (κ2) is 8.61. The normalized spacial score (nSPS) is 19.1. The number of hydrogen-bond acceptors (Lipinski definition) is 6. The number of esters is 2. The van der Waals surface area contributed by atoms with Gasteiger partial charge in [0.05, 0.1) is 24.2 Å². The van der Waals surface area contributed by atoms with Gasteiger partial charge in [-0.2, -0.15) is 4.31 Å². The van der Waals surface area contributed by atoms with Crippen molar-refractivity contribution in [2.45, 2.75) is 37.2 Å². The van der Waals surface area contributed by atoms with E-state index in [2.05, 4.69) is 0 Å². The molecule has 8 heteroatoms. The lowest BCUT2D eigenvalue weighted by Crippen LogP contribution is -2.43. The van der Waals surface area contributed by atoms with Gasteiger partial charge in [-0.15, -0.1) is 0 Å². The SMILES string of the molecule is CCOC(=O)C1(C(=O)OCC)C(c2ccc3ccccc3c2)N1S(=O)(=O)c1ccc(C)cc1. The van der Waals surface area contributed by atoms with E-state index in [4.69, 9.17) is 9.47 Å². The minimum atomic E-state index is -4.24. The van der Waals surface area contributed by atoms with Crippen molar-refractivity contribution in [2.24, 2.45) is 0 Å². The lowest BCUT2D eigenvalue weighted by Gasteiger charge is -2.15. The number of benzene rings is 3. The standard InChI is InChI=1S/C25H25NO6S/c1-4-31-23(27)25(24(28)32-5-2)22(20-13-12-18-8-6-7-9-19(18)16-20)26(25)33(29,30)21-14-10-17(3)11-15-21/h6-16,22H,4-5H2,1-3H3. The first-order valence-corrected chi connectivity index (χ1v) is 12.2. The molecule has 0 aliphatic carbocycles. The maximum atomic E-state index is 13.7. The van der Waals surface area contributed by atoms with E-state index in [-0.39, 0.29) is 18.1 Å². The fourth-order valence-corrected chi connectivity index (χ4v) is 5.98. The van der Waals surface area contributed by atoms with E-state index in [0.29, 0.717) is 5.56 Å². The van der Waals surface area contributed by atoms with Gasteiger partial charge < -0.3 is 9.47 Å². The molecule has 0 bridgehead atoms. The van der Waals surface area contributed by atoms with Crippen LogP contribution < -0.4 is 0 Å². The molecule has 1 saturated heterocycles. The number of carbonyl (C=O) groups excluding carboxylic acids is 2. The monoisotopic (exact) mass is 467 g/mol. The molecule has 172 valence electrons. The minimum Gasteiger partial charge on any atom is -0.464 e. The van der Waals surface area contributed by atoms with E-state index in [1.807, 2.05) is 37.3 Å². The van der Waals surface area contributed by atoms with Gasteiger partial charge in [-0.3, -0.25) is 0 Å². The summed E-state index contributed by atoms with van der Waals surface area (Å²) in [6, 6.07) is 18.1. The van der Waals surface area contributed by atoms with Crippen molar-refractivity contribution in [3.05, 3.63) is 77.9 Å². The third-order valence-corrected chi connectivity index (χ3v) is 7.64. The summed E-state index contributed by atoms with van der Waals surface area (Å²) in [4.78, 5) is 26.4. The van der Waals surface area contributed by atoms with Crippen LogP contribution in [0.2, 0.25) is 0 Å². The van der Waals surface area contributed by atoms with Crippen molar-refractivity contribution in [3.63, 3.8) is 0 Å². The summed E-state index contributed by atoms with van der Waals surface area (Å²) in [5.74, 6) is -1.89. The molecule has 0 radical (unpaired) electrons. The maximum Gasteiger partial charge on any atom is 0.341 e. The van der Waals surface area contributed by atoms with Gasteiger partial charge in [-0.25, -0.2) is 18.0 Å². The fraction of sp³-hybridized carbons (Fsp3) is 0.280. The van der Waals surface area contributed by atoms with Crippen molar-refractivity contribution in [1.82, 2.24) is 4.31 Å². The van der Waals surface area contributed by atoms with Gasteiger partial charge in [0.1, 0.15) is 0 Å². The summed E-state index contributed by atoms with van der Waals surface area (Å²) in [5, 5.41) is 1.81. The van der Waals surface area contributed by atoms with Crippen LogP contribution in [0.4, 0.5) is 0 Å². The van der Waals surface area contributed by atoms with Gasteiger partial charge in [-0.1, -0.05) is 54.1 Å². The second-order valence-electron chi connectivity index (χ2n) is 7.83. The molecule has 33 heavy (non-hydrogen) atoms. The van der Waals surface area contributed by atoms with Crippen molar-refractivity contribution in [1.29, 1.82) is 0 Å². The van der Waals surface area contributed by atoms with Crippen LogP contribution in [0.3, 0.4) is 0 Å². The Labute approximate surface area is 193 Å². The maximum absolute atomic E-state index is 13.7. The molecule has 1 fully saturated rings. The Balaban J connectivity index is 1.91. The average molecular weight is 468 g/mol. The highest BCUT2D eigenvalue weighted by atomic mass is 32.2. The van der Waals surface area contributed by atoms with Crippen LogP contribution in [0.15, 0.2) is 71.6 Å². The Hall–Kier alpha value is -3.23. The first-order chi connectivity index (χ1) is 15.8. The predicted octanol–water partition coefficient (Wildman–Crippen LogP) is 3.76. The van der Waals surface area contributed by atoms with Crippen LogP contribution in [-0.4, -0.2) is 43.4 Å². The van der Waals surface area contributed by atoms with Crippen LogP contribution in [-0.2, 0) is 29.1 Å². The highest BCUT2D eigenvalue weighted by Gasteiger charge is 2.80. The van der Waals surface area contributed by atoms with E-state index in [0.717, 1.165) is 20.6 Å². The molecule has 0 spiro atoms. The van der Waals surface area contributed by atoms with E-state index in [9.17, 15) is 18.0 Å². The Kier molecular flexibility index (Phi) is 5.99. The zero-order valence-electron chi connectivity index (χ0n) is 18.6. The zero-order chi connectivity index (χ0) is 23.8. The summed E-state index contributed by atoms with van der Waals surface area (Å²) < 4.78 is 38.7. The Morgan fingerprint density at radius 3 is 2.03 bits per heavy atom. The molecule has 1 aliphatic heterocycles. The Morgan fingerprint density at radius 2 is 1.45 bits per heavy atom. The molecule has 0 aromatic heterocycles. The van der Waals surface area contributed by atoms with Gasteiger partial charge >= 0.3 is 11.9 Å². The molecule has 3 aromatic carbocycles. The van der Waals surface area contributed by atoms with E-state index in [1.54, 1.807) is 38.1 Å². The van der Waals surface area contributed by atoms with Crippen molar-refractivity contribution < 1.29 is 27.5 Å². The summed E-state index contributed by atoms with van der Waals surface area (Å²) in [6.07, 6.45) is 0. The molecule has 1 heterocycles. The quantitative estimate of drug-likeness (QED) is 0.299. The third-order valence-electron chi connectivity index (χ3n) is 5.75. The van der Waals surface area contributed by atoms with E-state index in [1.165, 1.54) is 12.1 Å². The molecule has 0 N–H and O–H groups in total. The topological polar surface area (TPSA) is 89.8 Å². The van der Waals surface area contributed by atoms with Gasteiger partial charge in [0.25, 0.3) is 5.54 Å². The Bertz CT molecular complexity index is 1300. The number of ether oxygens (including phenoxy) is 2. The van der Waals surface area contributed by atoms with Crippen LogP contribution in [0.1, 0.15) is 31.0 Å². The average Bonchev–Trinajstić information content (AvgIpc) is 3.52. The predicted molar refractivity (Wildman–Crippen MR) is 123 cm³/mol. The Morgan fingerprint density at radius 1 is 0.879 bits per heavy atom. The minimum absolute atomic E-state index is 0.0111. The van der Waals surface area contributed by atoms with Crippen LogP contribution in [0.25, 0.3) is 10.8 Å². The number of sulfonamides is 1. The molecule has 0 saturated carbocycles. The number of aryl methyl sites for hydroxylation is 1. The number of nitrogens with zero attached hydrogens (tertiary/aromatic N) is 1. The van der Waals surface area contributed by atoms with Crippen molar-refractivity contribution >= 4 is 32.7 Å². The molecule has 4 rings (SSSR count). The smallest absolute Gasteiger partial charge is 0.341 e. The van der Waals surface area contributed by atoms with Gasteiger partial charge in [0, 0.05) is 0 Å². The first kappa shape index (κ1) is 22.9. The number of hydrogen-bond donors (Lipinski definition) is 0. The lowest BCUT2D eigenvalue weighted by molar-refractivity contribution is -0.160. The number of carbonyl (C=O) groups is 2. The first-order valence-electron chi connectivity index (χ1n) is 10.7. The van der Waals surface area contributed by atoms with Gasteiger partial charge in [0.2, 0.25) is 10.0 Å². The molecule has 0 amide bonds. The van der Waals surface area contributed by atoms with Crippen molar-refractivity contribution in [2.75, 3.05) is 13.2 Å². The fourth-order valence-electron chi connectivity index (χ4n) is 4.14. The van der Waals surface area contributed by atoms with Crippen LogP contribution >= 0.6 is 0 Å².